The third-order valence-electron chi connectivity index (χ3n) is 3.33. The molecule has 2 aromatic carbocycles. The first-order chi connectivity index (χ1) is 10.2. The maximum atomic E-state index is 5.78. The van der Waals surface area contributed by atoms with E-state index in [1.54, 1.807) is 6.20 Å². The van der Waals surface area contributed by atoms with Crippen LogP contribution in [0.2, 0.25) is 0 Å². The smallest absolute Gasteiger partial charge is 0.0991 e. The van der Waals surface area contributed by atoms with E-state index in [1.165, 1.54) is 16.0 Å². The maximum absolute atomic E-state index is 5.78. The number of rotatable bonds is 4. The lowest BCUT2D eigenvalue weighted by Gasteiger charge is -2.07. The normalized spacial score (nSPS) is 10.7. The third-order valence-corrected chi connectivity index (χ3v) is 4.58. The third kappa shape index (κ3) is 3.28. The lowest BCUT2D eigenvalue weighted by atomic mass is 10.2. The van der Waals surface area contributed by atoms with Crippen molar-refractivity contribution in [2.45, 2.75) is 17.6 Å². The van der Waals surface area contributed by atoms with Crippen LogP contribution in [0.25, 0.3) is 5.69 Å². The van der Waals surface area contributed by atoms with Gasteiger partial charge in [0, 0.05) is 34.4 Å². The minimum Gasteiger partial charge on any atom is -0.399 e. The Morgan fingerprint density at radius 2 is 1.95 bits per heavy atom. The molecule has 3 aromatic rings. The standard InChI is InChI=1S/C17H17N3S/c1-13-10-15(18)4-7-17(13)21-11-14-2-5-16(6-3-14)20-9-8-19-12-20/h2-10,12H,11,18H2,1H3. The second-order valence-electron chi connectivity index (χ2n) is 4.95. The van der Waals surface area contributed by atoms with Crippen molar-refractivity contribution in [2.75, 3.05) is 5.73 Å². The number of nitrogens with two attached hydrogens (primary N) is 1. The number of aryl methyl sites for hydroxylation is 1. The first-order valence-electron chi connectivity index (χ1n) is 6.78. The Morgan fingerprint density at radius 3 is 2.62 bits per heavy atom. The lowest BCUT2D eigenvalue weighted by Crippen LogP contribution is -1.91. The van der Waals surface area contributed by atoms with Gasteiger partial charge in [0.15, 0.2) is 0 Å². The van der Waals surface area contributed by atoms with E-state index in [1.807, 2.05) is 41.0 Å². The number of hydrogen-bond donors (Lipinski definition) is 1. The van der Waals surface area contributed by atoms with Crippen LogP contribution in [0.5, 0.6) is 0 Å². The molecule has 0 radical (unpaired) electrons. The van der Waals surface area contributed by atoms with Crippen LogP contribution < -0.4 is 5.73 Å². The minimum absolute atomic E-state index is 0.821. The molecule has 0 aliphatic carbocycles. The molecule has 0 saturated carbocycles. The summed E-state index contributed by atoms with van der Waals surface area (Å²) in [6.45, 7) is 2.10. The summed E-state index contributed by atoms with van der Waals surface area (Å²) in [4.78, 5) is 5.34. The molecule has 1 heterocycles. The fourth-order valence-electron chi connectivity index (χ4n) is 2.17. The van der Waals surface area contributed by atoms with E-state index >= 15 is 0 Å². The summed E-state index contributed by atoms with van der Waals surface area (Å²) in [6, 6.07) is 14.6. The van der Waals surface area contributed by atoms with E-state index in [4.69, 9.17) is 5.73 Å². The molecule has 0 unspecified atom stereocenters. The van der Waals surface area contributed by atoms with Crippen LogP contribution in [0.4, 0.5) is 5.69 Å². The molecular formula is C17H17N3S. The molecule has 0 fully saturated rings. The highest BCUT2D eigenvalue weighted by Gasteiger charge is 2.02. The van der Waals surface area contributed by atoms with Crippen LogP contribution in [0.3, 0.4) is 0 Å². The van der Waals surface area contributed by atoms with Crippen molar-refractivity contribution in [2.24, 2.45) is 0 Å². The van der Waals surface area contributed by atoms with Crippen molar-refractivity contribution >= 4 is 17.4 Å². The number of nitrogens with zero attached hydrogens (tertiary/aromatic N) is 2. The average molecular weight is 295 g/mol. The SMILES string of the molecule is Cc1cc(N)ccc1SCc1ccc(-n2ccnc2)cc1. The number of benzene rings is 2. The fraction of sp³-hybridized carbons (Fsp3) is 0.118. The van der Waals surface area contributed by atoms with E-state index in [0.717, 1.165) is 17.1 Å². The molecule has 0 amide bonds. The van der Waals surface area contributed by atoms with Gasteiger partial charge in [-0.05, 0) is 48.4 Å². The highest BCUT2D eigenvalue weighted by molar-refractivity contribution is 7.98. The van der Waals surface area contributed by atoms with E-state index in [2.05, 4.69) is 42.2 Å². The zero-order chi connectivity index (χ0) is 14.7. The van der Waals surface area contributed by atoms with E-state index in [9.17, 15) is 0 Å². The molecule has 106 valence electrons. The lowest BCUT2D eigenvalue weighted by molar-refractivity contribution is 1.05. The average Bonchev–Trinajstić information content (AvgIpc) is 3.01. The Kier molecular flexibility index (Phi) is 3.97. The van der Waals surface area contributed by atoms with Crippen molar-refractivity contribution in [1.82, 2.24) is 9.55 Å². The largest absolute Gasteiger partial charge is 0.399 e. The van der Waals surface area contributed by atoms with Gasteiger partial charge >= 0.3 is 0 Å². The zero-order valence-electron chi connectivity index (χ0n) is 11.9. The number of nitrogen functional groups attached to an aromatic ring is 1. The van der Waals surface area contributed by atoms with Crippen LogP contribution in [0, 0.1) is 6.92 Å². The highest BCUT2D eigenvalue weighted by Crippen LogP contribution is 2.27. The van der Waals surface area contributed by atoms with Gasteiger partial charge in [-0.1, -0.05) is 12.1 Å². The Bertz CT molecular complexity index is 718. The zero-order valence-corrected chi connectivity index (χ0v) is 12.7. The molecule has 1 aromatic heterocycles. The molecule has 4 heteroatoms. The second-order valence-corrected chi connectivity index (χ2v) is 5.97. The number of thioether (sulfide) groups is 1. The Balaban J connectivity index is 1.68. The van der Waals surface area contributed by atoms with Crippen molar-refractivity contribution in [3.05, 3.63) is 72.3 Å². The number of imidazole rings is 1. The van der Waals surface area contributed by atoms with Gasteiger partial charge in [0.05, 0.1) is 6.33 Å². The summed E-state index contributed by atoms with van der Waals surface area (Å²) in [6.07, 6.45) is 5.54. The van der Waals surface area contributed by atoms with Crippen molar-refractivity contribution in [3.63, 3.8) is 0 Å². The van der Waals surface area contributed by atoms with Crippen molar-refractivity contribution in [3.8, 4) is 5.69 Å². The molecule has 0 bridgehead atoms. The van der Waals surface area contributed by atoms with E-state index in [-0.39, 0.29) is 0 Å². The molecule has 3 rings (SSSR count). The summed E-state index contributed by atoms with van der Waals surface area (Å²) >= 11 is 1.84. The summed E-state index contributed by atoms with van der Waals surface area (Å²) < 4.78 is 2.00. The topological polar surface area (TPSA) is 43.8 Å². The molecule has 0 atom stereocenters. The number of anilines is 1. The van der Waals surface area contributed by atoms with Crippen LogP contribution in [-0.2, 0) is 5.75 Å². The molecule has 2 N–H and O–H groups in total. The molecule has 0 saturated heterocycles. The summed E-state index contributed by atoms with van der Waals surface area (Å²) in [5.41, 5.74) is 10.3. The molecule has 0 aliphatic rings. The molecule has 0 spiro atoms. The predicted molar refractivity (Wildman–Crippen MR) is 88.7 cm³/mol. The fourth-order valence-corrected chi connectivity index (χ4v) is 3.14. The Hall–Kier alpha value is -2.20. The second kappa shape index (κ2) is 6.06. The van der Waals surface area contributed by atoms with Gasteiger partial charge in [0.25, 0.3) is 0 Å². The molecule has 21 heavy (non-hydrogen) atoms. The first kappa shape index (κ1) is 13.8. The molecule has 0 aliphatic heterocycles. The van der Waals surface area contributed by atoms with Gasteiger partial charge in [0.2, 0.25) is 0 Å². The number of aromatic nitrogens is 2. The number of hydrogen-bond acceptors (Lipinski definition) is 3. The van der Waals surface area contributed by atoms with Gasteiger partial charge in [-0.25, -0.2) is 4.98 Å². The van der Waals surface area contributed by atoms with Gasteiger partial charge in [-0.3, -0.25) is 0 Å². The summed E-state index contributed by atoms with van der Waals surface area (Å²) in [5.74, 6) is 0.953. The van der Waals surface area contributed by atoms with Gasteiger partial charge in [-0.2, -0.15) is 0 Å². The Morgan fingerprint density at radius 1 is 1.14 bits per heavy atom. The van der Waals surface area contributed by atoms with Crippen molar-refractivity contribution < 1.29 is 0 Å². The van der Waals surface area contributed by atoms with E-state index < -0.39 is 0 Å². The molecule has 3 nitrogen and oxygen atoms in total. The Labute approximate surface area is 128 Å². The van der Waals surface area contributed by atoms with Gasteiger partial charge < -0.3 is 10.3 Å². The van der Waals surface area contributed by atoms with Crippen LogP contribution in [0.15, 0.2) is 66.1 Å². The quantitative estimate of drug-likeness (QED) is 0.583. The maximum Gasteiger partial charge on any atom is 0.0991 e. The highest BCUT2D eigenvalue weighted by atomic mass is 32.2. The van der Waals surface area contributed by atoms with Crippen LogP contribution in [-0.4, -0.2) is 9.55 Å². The van der Waals surface area contributed by atoms with Crippen molar-refractivity contribution in [1.29, 1.82) is 0 Å². The summed E-state index contributed by atoms with van der Waals surface area (Å²) in [7, 11) is 0. The predicted octanol–water partition coefficient (Wildman–Crippen LogP) is 4.06. The molecular weight excluding hydrogens is 278 g/mol. The first-order valence-corrected chi connectivity index (χ1v) is 7.77. The summed E-state index contributed by atoms with van der Waals surface area (Å²) in [5, 5.41) is 0. The van der Waals surface area contributed by atoms with Gasteiger partial charge in [0.1, 0.15) is 0 Å². The monoisotopic (exact) mass is 295 g/mol. The van der Waals surface area contributed by atoms with Crippen LogP contribution in [0.1, 0.15) is 11.1 Å². The minimum atomic E-state index is 0.821. The van der Waals surface area contributed by atoms with Crippen LogP contribution >= 0.6 is 11.8 Å². The van der Waals surface area contributed by atoms with Gasteiger partial charge in [-0.15, -0.1) is 11.8 Å². The van der Waals surface area contributed by atoms with E-state index in [0.29, 0.717) is 0 Å².